The second-order valence-electron chi connectivity index (χ2n) is 4.13. The van der Waals surface area contributed by atoms with Crippen molar-refractivity contribution < 1.29 is 4.74 Å². The monoisotopic (exact) mass is 353 g/mol. The predicted octanol–water partition coefficient (Wildman–Crippen LogP) is 3.81. The summed E-state index contributed by atoms with van der Waals surface area (Å²) in [4.78, 5) is 0. The number of anilines is 1. The van der Waals surface area contributed by atoms with E-state index in [4.69, 9.17) is 4.74 Å². The topological polar surface area (TPSA) is 21.3 Å². The lowest BCUT2D eigenvalue weighted by Gasteiger charge is -2.19. The number of hydrogen-bond acceptors (Lipinski definition) is 3. The Balaban J connectivity index is 2.29. The van der Waals surface area contributed by atoms with E-state index in [9.17, 15) is 0 Å². The molecule has 0 atom stereocenters. The first-order chi connectivity index (χ1) is 6.88. The number of nitrogens with one attached hydrogen (secondary N) is 1. The van der Waals surface area contributed by atoms with Gasteiger partial charge in [0.2, 0.25) is 0 Å². The first-order valence-electron chi connectivity index (χ1n) is 4.71. The van der Waals surface area contributed by atoms with Crippen LogP contribution < -0.4 is 5.23 Å². The fourth-order valence-corrected chi connectivity index (χ4v) is 3.74. The lowest BCUT2D eigenvalue weighted by molar-refractivity contribution is 0.0249. The van der Waals surface area contributed by atoms with Crippen molar-refractivity contribution >= 4 is 56.3 Å². The van der Waals surface area contributed by atoms with Gasteiger partial charge in [-0.2, -0.15) is 0 Å². The van der Waals surface area contributed by atoms with Crippen LogP contribution in [0.1, 0.15) is 20.8 Å². The molecule has 0 aromatic carbocycles. The maximum atomic E-state index is 5.61. The number of halogens is 2. The quantitative estimate of drug-likeness (QED) is 0.655. The Morgan fingerprint density at radius 3 is 2.60 bits per heavy atom. The molecule has 2 nitrogen and oxygen atoms in total. The Bertz CT molecular complexity index is 324. The van der Waals surface area contributed by atoms with Crippen molar-refractivity contribution in [1.82, 2.24) is 0 Å². The first-order valence-corrected chi connectivity index (χ1v) is 7.11. The van der Waals surface area contributed by atoms with Crippen LogP contribution in [0.2, 0.25) is 0 Å². The molecule has 0 fully saturated rings. The van der Waals surface area contributed by atoms with Gasteiger partial charge < -0.3 is 9.96 Å². The van der Waals surface area contributed by atoms with Gasteiger partial charge in [-0.25, -0.2) is 0 Å². The number of thiophene rings is 1. The lowest BCUT2D eigenvalue weighted by atomic mass is 9.96. The predicted molar refractivity (Wildman–Crippen MR) is 76.2 cm³/mol. The molecule has 0 aliphatic rings. The molecule has 0 aliphatic heterocycles. The van der Waals surface area contributed by atoms with Crippen LogP contribution in [0.5, 0.6) is 0 Å². The molecule has 15 heavy (non-hydrogen) atoms. The molecule has 0 saturated carbocycles. The van der Waals surface area contributed by atoms with E-state index in [-0.39, 0.29) is 5.60 Å². The van der Waals surface area contributed by atoms with Gasteiger partial charge in [-0.15, -0.1) is 11.3 Å². The van der Waals surface area contributed by atoms with E-state index >= 15 is 0 Å². The molecule has 0 radical (unpaired) electrons. The SMILES string of the molecule is CC(C)(C)OCBNc1cc(Br)sc1Br. The minimum atomic E-state index is -0.0614. The Hall–Kier alpha value is 0.485. The maximum absolute atomic E-state index is 5.61. The average molecular weight is 355 g/mol. The number of rotatable bonds is 4. The molecule has 0 unspecified atom stereocenters. The van der Waals surface area contributed by atoms with Gasteiger partial charge in [0.15, 0.2) is 0 Å². The van der Waals surface area contributed by atoms with E-state index in [1.165, 1.54) is 0 Å². The van der Waals surface area contributed by atoms with Crippen LogP contribution in [0.25, 0.3) is 0 Å². The molecule has 0 saturated heterocycles. The van der Waals surface area contributed by atoms with E-state index in [1.807, 2.05) is 0 Å². The summed E-state index contributed by atoms with van der Waals surface area (Å²) in [6.07, 6.45) is 0. The van der Waals surface area contributed by atoms with Gasteiger partial charge in [-0.05, 0) is 58.7 Å². The van der Waals surface area contributed by atoms with Gasteiger partial charge in [0.05, 0.1) is 13.2 Å². The second-order valence-corrected chi connectivity index (χ2v) is 7.87. The zero-order valence-corrected chi connectivity index (χ0v) is 13.1. The van der Waals surface area contributed by atoms with Crippen molar-refractivity contribution in [3.8, 4) is 0 Å². The minimum Gasteiger partial charge on any atom is -0.427 e. The first kappa shape index (κ1) is 13.5. The highest BCUT2D eigenvalue weighted by Crippen LogP contribution is 2.35. The Morgan fingerprint density at radius 2 is 2.13 bits per heavy atom. The molecule has 6 heteroatoms. The summed E-state index contributed by atoms with van der Waals surface area (Å²) in [5, 5.41) is 3.31. The van der Waals surface area contributed by atoms with Crippen molar-refractivity contribution in [3.05, 3.63) is 13.6 Å². The third-order valence-corrected chi connectivity index (χ3v) is 3.95. The van der Waals surface area contributed by atoms with E-state index in [1.54, 1.807) is 11.3 Å². The number of hydrogen-bond donors (Lipinski definition) is 1. The highest BCUT2D eigenvalue weighted by Gasteiger charge is 2.10. The minimum absolute atomic E-state index is 0.0614. The second kappa shape index (κ2) is 5.71. The summed E-state index contributed by atoms with van der Waals surface area (Å²) in [5.41, 5.74) is 1.05. The molecule has 1 aromatic rings. The zero-order valence-electron chi connectivity index (χ0n) is 9.06. The summed E-state index contributed by atoms with van der Waals surface area (Å²) in [6.45, 7) is 6.89. The normalized spacial score (nSPS) is 11.5. The van der Waals surface area contributed by atoms with Gasteiger partial charge in [-0.1, -0.05) is 0 Å². The molecule has 84 valence electrons. The van der Waals surface area contributed by atoms with Crippen molar-refractivity contribution in [1.29, 1.82) is 0 Å². The summed E-state index contributed by atoms with van der Waals surface area (Å²) >= 11 is 8.60. The fraction of sp³-hybridized carbons (Fsp3) is 0.556. The molecule has 0 aliphatic carbocycles. The van der Waals surface area contributed by atoms with Crippen LogP contribution in [0.3, 0.4) is 0 Å². The zero-order chi connectivity index (χ0) is 11.5. The Labute approximate surface area is 112 Å². The molecule has 0 spiro atoms. The standard InChI is InChI=1S/C9H14BBr2NOS/c1-9(2,3)14-5-10-13-6-4-7(11)15-8(6)12/h4,10,13H,5H2,1-3H3. The summed E-state index contributed by atoms with van der Waals surface area (Å²) < 4.78 is 7.85. The third-order valence-electron chi connectivity index (χ3n) is 1.61. The van der Waals surface area contributed by atoms with Crippen LogP contribution in [-0.4, -0.2) is 19.5 Å². The Kier molecular flexibility index (Phi) is 5.15. The number of ether oxygens (including phenoxy) is 1. The Morgan fingerprint density at radius 1 is 1.47 bits per heavy atom. The maximum Gasteiger partial charge on any atom is 0.260 e. The van der Waals surface area contributed by atoms with Crippen LogP contribution in [0.4, 0.5) is 5.69 Å². The van der Waals surface area contributed by atoms with E-state index in [2.05, 4.69) is 63.9 Å². The summed E-state index contributed by atoms with van der Waals surface area (Å²) in [5.74, 6) is 0. The van der Waals surface area contributed by atoms with Gasteiger partial charge in [0.1, 0.15) is 0 Å². The van der Waals surface area contributed by atoms with Crippen LogP contribution in [-0.2, 0) is 4.74 Å². The van der Waals surface area contributed by atoms with Crippen molar-refractivity contribution in [2.24, 2.45) is 0 Å². The fourth-order valence-electron chi connectivity index (χ4n) is 1.00. The van der Waals surface area contributed by atoms with E-state index in [0.717, 1.165) is 20.7 Å². The van der Waals surface area contributed by atoms with E-state index in [0.29, 0.717) is 6.51 Å². The lowest BCUT2D eigenvalue weighted by Crippen LogP contribution is -2.25. The van der Waals surface area contributed by atoms with Gasteiger partial charge in [0, 0.05) is 12.2 Å². The highest BCUT2D eigenvalue weighted by molar-refractivity contribution is 9.12. The molecule has 1 rings (SSSR count). The molecular weight excluding hydrogens is 341 g/mol. The largest absolute Gasteiger partial charge is 0.427 e. The summed E-state index contributed by atoms with van der Waals surface area (Å²) in [6, 6.07) is 2.06. The smallest absolute Gasteiger partial charge is 0.260 e. The van der Waals surface area contributed by atoms with Crippen LogP contribution in [0, 0.1) is 0 Å². The van der Waals surface area contributed by atoms with Crippen molar-refractivity contribution in [2.75, 3.05) is 11.7 Å². The third kappa shape index (κ3) is 5.38. The molecule has 0 amide bonds. The van der Waals surface area contributed by atoms with Crippen LogP contribution >= 0.6 is 43.2 Å². The molecule has 0 bridgehead atoms. The van der Waals surface area contributed by atoms with E-state index < -0.39 is 0 Å². The molecule has 1 heterocycles. The van der Waals surface area contributed by atoms with Crippen molar-refractivity contribution in [2.45, 2.75) is 26.4 Å². The molecule has 1 N–H and O–H groups in total. The summed E-state index contributed by atoms with van der Waals surface area (Å²) in [7, 11) is 0.818. The van der Waals surface area contributed by atoms with Gasteiger partial charge in [0.25, 0.3) is 7.41 Å². The van der Waals surface area contributed by atoms with Gasteiger partial charge in [-0.3, -0.25) is 0 Å². The average Bonchev–Trinajstić information content (AvgIpc) is 2.37. The van der Waals surface area contributed by atoms with Crippen molar-refractivity contribution in [3.63, 3.8) is 0 Å². The molecular formula is C9H14BBr2NOS. The van der Waals surface area contributed by atoms with Crippen LogP contribution in [0.15, 0.2) is 13.6 Å². The van der Waals surface area contributed by atoms with Gasteiger partial charge >= 0.3 is 0 Å². The highest BCUT2D eigenvalue weighted by atomic mass is 79.9. The molecule has 1 aromatic heterocycles.